The largest absolute Gasteiger partial charge is 0.327 e. The van der Waals surface area contributed by atoms with Gasteiger partial charge in [0.2, 0.25) is 0 Å². The van der Waals surface area contributed by atoms with Crippen LogP contribution in [0.25, 0.3) is 6.08 Å². The number of hydrogen-bond donors (Lipinski definition) is 1. The van der Waals surface area contributed by atoms with Gasteiger partial charge in [0, 0.05) is 6.54 Å². The molecule has 0 unspecified atom stereocenters. The van der Waals surface area contributed by atoms with E-state index in [1.165, 1.54) is 11.1 Å². The Hall–Kier alpha value is -1.08. The monoisotopic (exact) mass is 189 g/mol. The Kier molecular flexibility index (Phi) is 3.48. The minimum absolute atomic E-state index is 0.232. The van der Waals surface area contributed by atoms with Crippen molar-refractivity contribution in [3.8, 4) is 0 Å². The minimum atomic E-state index is 0.232. The summed E-state index contributed by atoms with van der Waals surface area (Å²) in [5.74, 6) is 0. The van der Waals surface area contributed by atoms with E-state index in [1.807, 2.05) is 12.2 Å². The van der Waals surface area contributed by atoms with E-state index in [4.69, 9.17) is 5.73 Å². The van der Waals surface area contributed by atoms with E-state index < -0.39 is 0 Å². The molecule has 0 aromatic heterocycles. The van der Waals surface area contributed by atoms with Gasteiger partial charge in [0.15, 0.2) is 0 Å². The summed E-state index contributed by atoms with van der Waals surface area (Å²) in [6, 6.07) is 8.62. The Balaban J connectivity index is 2.84. The van der Waals surface area contributed by atoms with Crippen LogP contribution < -0.4 is 5.73 Å². The number of benzene rings is 1. The van der Waals surface area contributed by atoms with Crippen LogP contribution in [0.5, 0.6) is 0 Å². The van der Waals surface area contributed by atoms with Crippen LogP contribution in [0.1, 0.15) is 31.9 Å². The summed E-state index contributed by atoms with van der Waals surface area (Å²) in [6.07, 6.45) is 4.01. The van der Waals surface area contributed by atoms with Gasteiger partial charge in [-0.2, -0.15) is 0 Å². The molecule has 1 rings (SSSR count). The molecule has 0 aliphatic heterocycles. The molecule has 0 aliphatic carbocycles. The molecule has 0 aliphatic rings. The molecule has 0 radical (unpaired) electrons. The molecule has 0 fully saturated rings. The predicted octanol–water partition coefficient (Wildman–Crippen LogP) is 2.96. The highest BCUT2D eigenvalue weighted by molar-refractivity contribution is 5.50. The van der Waals surface area contributed by atoms with Crippen molar-refractivity contribution in [1.82, 2.24) is 0 Å². The fourth-order valence-electron chi connectivity index (χ4n) is 1.30. The first-order valence-electron chi connectivity index (χ1n) is 5.01. The summed E-state index contributed by atoms with van der Waals surface area (Å²) in [5, 5.41) is 0. The lowest BCUT2D eigenvalue weighted by Gasteiger charge is -2.18. The molecular formula is C13H19N. The second-order valence-corrected chi connectivity index (χ2v) is 4.51. The van der Waals surface area contributed by atoms with Crippen LogP contribution in [-0.2, 0) is 5.41 Å². The molecule has 1 heteroatoms. The zero-order valence-corrected chi connectivity index (χ0v) is 9.25. The summed E-state index contributed by atoms with van der Waals surface area (Å²) in [5.41, 5.74) is 8.20. The molecule has 1 aromatic rings. The van der Waals surface area contributed by atoms with Crippen LogP contribution in [0.4, 0.5) is 0 Å². The maximum Gasteiger partial charge on any atom is 0.0110 e. The molecule has 0 atom stereocenters. The molecule has 0 saturated heterocycles. The molecule has 2 N–H and O–H groups in total. The third kappa shape index (κ3) is 3.00. The van der Waals surface area contributed by atoms with Gasteiger partial charge < -0.3 is 5.73 Å². The van der Waals surface area contributed by atoms with E-state index in [1.54, 1.807) is 0 Å². The van der Waals surface area contributed by atoms with Gasteiger partial charge in [0.05, 0.1) is 0 Å². The lowest BCUT2D eigenvalue weighted by atomic mass is 9.87. The third-order valence-corrected chi connectivity index (χ3v) is 2.22. The molecular weight excluding hydrogens is 170 g/mol. The van der Waals surface area contributed by atoms with Gasteiger partial charge in [-0.1, -0.05) is 57.2 Å². The number of nitrogens with two attached hydrogens (primary N) is 1. The molecule has 76 valence electrons. The smallest absolute Gasteiger partial charge is 0.0110 e. The van der Waals surface area contributed by atoms with Crippen molar-refractivity contribution in [3.63, 3.8) is 0 Å². The molecule has 0 amide bonds. The lowest BCUT2D eigenvalue weighted by molar-refractivity contribution is 0.590. The summed E-state index contributed by atoms with van der Waals surface area (Å²) in [7, 11) is 0. The Bertz CT molecular complexity index is 301. The Morgan fingerprint density at radius 3 is 2.14 bits per heavy atom. The summed E-state index contributed by atoms with van der Waals surface area (Å²) in [6.45, 7) is 7.26. The zero-order chi connectivity index (χ0) is 10.6. The highest BCUT2D eigenvalue weighted by atomic mass is 14.5. The van der Waals surface area contributed by atoms with E-state index >= 15 is 0 Å². The van der Waals surface area contributed by atoms with Crippen molar-refractivity contribution in [2.24, 2.45) is 5.73 Å². The minimum Gasteiger partial charge on any atom is -0.327 e. The van der Waals surface area contributed by atoms with Crippen LogP contribution in [0.3, 0.4) is 0 Å². The molecule has 1 nitrogen and oxygen atoms in total. The van der Waals surface area contributed by atoms with Crippen molar-refractivity contribution in [2.75, 3.05) is 6.54 Å². The van der Waals surface area contributed by atoms with Gasteiger partial charge in [-0.15, -0.1) is 0 Å². The summed E-state index contributed by atoms with van der Waals surface area (Å²) >= 11 is 0. The van der Waals surface area contributed by atoms with Crippen molar-refractivity contribution in [1.29, 1.82) is 0 Å². The maximum atomic E-state index is 5.39. The van der Waals surface area contributed by atoms with E-state index in [9.17, 15) is 0 Å². The summed E-state index contributed by atoms with van der Waals surface area (Å²) < 4.78 is 0. The first-order chi connectivity index (χ1) is 6.54. The standard InChI is InChI=1S/C13H19N/c1-13(2,3)12-8-6-11(7-9-12)5-4-10-14/h4-9H,10,14H2,1-3H3/b5-4+. The number of rotatable bonds is 2. The average molecular weight is 189 g/mol. The quantitative estimate of drug-likeness (QED) is 0.760. The molecule has 0 spiro atoms. The molecule has 14 heavy (non-hydrogen) atoms. The van der Waals surface area contributed by atoms with E-state index in [-0.39, 0.29) is 5.41 Å². The lowest BCUT2D eigenvalue weighted by Crippen LogP contribution is -2.10. The zero-order valence-electron chi connectivity index (χ0n) is 9.25. The van der Waals surface area contributed by atoms with Crippen LogP contribution in [0, 0.1) is 0 Å². The second-order valence-electron chi connectivity index (χ2n) is 4.51. The van der Waals surface area contributed by atoms with Crippen LogP contribution >= 0.6 is 0 Å². The van der Waals surface area contributed by atoms with E-state index in [0.717, 1.165) is 0 Å². The Morgan fingerprint density at radius 1 is 1.14 bits per heavy atom. The maximum absolute atomic E-state index is 5.39. The highest BCUT2D eigenvalue weighted by Crippen LogP contribution is 2.22. The topological polar surface area (TPSA) is 26.0 Å². The van der Waals surface area contributed by atoms with Crippen molar-refractivity contribution < 1.29 is 0 Å². The molecule has 1 aromatic carbocycles. The first-order valence-corrected chi connectivity index (χ1v) is 5.01. The van der Waals surface area contributed by atoms with Crippen LogP contribution in [0.15, 0.2) is 30.3 Å². The van der Waals surface area contributed by atoms with Gasteiger partial charge in [0.25, 0.3) is 0 Å². The van der Waals surface area contributed by atoms with Crippen molar-refractivity contribution >= 4 is 6.08 Å². The van der Waals surface area contributed by atoms with Crippen molar-refractivity contribution in [3.05, 3.63) is 41.5 Å². The van der Waals surface area contributed by atoms with Gasteiger partial charge in [-0.05, 0) is 16.5 Å². The summed E-state index contributed by atoms with van der Waals surface area (Å²) in [4.78, 5) is 0. The van der Waals surface area contributed by atoms with Crippen LogP contribution in [0.2, 0.25) is 0 Å². The van der Waals surface area contributed by atoms with Crippen LogP contribution in [-0.4, -0.2) is 6.54 Å². The highest BCUT2D eigenvalue weighted by Gasteiger charge is 2.12. The molecule has 0 heterocycles. The SMILES string of the molecule is CC(C)(C)c1ccc(/C=C/CN)cc1. The van der Waals surface area contributed by atoms with Gasteiger partial charge in [0.1, 0.15) is 0 Å². The van der Waals surface area contributed by atoms with Gasteiger partial charge in [-0.3, -0.25) is 0 Å². The fourth-order valence-corrected chi connectivity index (χ4v) is 1.30. The van der Waals surface area contributed by atoms with Crippen molar-refractivity contribution in [2.45, 2.75) is 26.2 Å². The predicted molar refractivity (Wildman–Crippen MR) is 63.2 cm³/mol. The Morgan fingerprint density at radius 2 is 1.71 bits per heavy atom. The Labute approximate surface area is 86.6 Å². The molecule has 0 saturated carbocycles. The number of hydrogen-bond acceptors (Lipinski definition) is 1. The van der Waals surface area contributed by atoms with Gasteiger partial charge >= 0.3 is 0 Å². The first kappa shape index (κ1) is 11.0. The normalized spacial score (nSPS) is 12.3. The average Bonchev–Trinajstić information content (AvgIpc) is 2.14. The van der Waals surface area contributed by atoms with Gasteiger partial charge in [-0.25, -0.2) is 0 Å². The second kappa shape index (κ2) is 4.43. The van der Waals surface area contributed by atoms with E-state index in [0.29, 0.717) is 6.54 Å². The fraction of sp³-hybridized carbons (Fsp3) is 0.385. The van der Waals surface area contributed by atoms with E-state index in [2.05, 4.69) is 45.0 Å². The third-order valence-electron chi connectivity index (χ3n) is 2.22. The molecule has 0 bridgehead atoms.